The summed E-state index contributed by atoms with van der Waals surface area (Å²) < 4.78 is 5.75. The molecular formula is C23H21ClN2O5. The molecule has 0 saturated heterocycles. The molecule has 8 heteroatoms. The number of benzene rings is 2. The first-order valence-electron chi connectivity index (χ1n) is 10.2. The van der Waals surface area contributed by atoms with Crippen molar-refractivity contribution in [3.63, 3.8) is 0 Å². The summed E-state index contributed by atoms with van der Waals surface area (Å²) in [7, 11) is 0. The van der Waals surface area contributed by atoms with E-state index < -0.39 is 10.8 Å². The molecule has 0 N–H and O–H groups in total. The Bertz CT molecular complexity index is 1110. The summed E-state index contributed by atoms with van der Waals surface area (Å²) >= 11 is 5.96. The molecule has 1 amide bonds. The van der Waals surface area contributed by atoms with Crippen LogP contribution in [0.2, 0.25) is 5.02 Å². The van der Waals surface area contributed by atoms with Crippen LogP contribution in [-0.4, -0.2) is 23.2 Å². The smallest absolute Gasteiger partial charge is 0.294 e. The summed E-state index contributed by atoms with van der Waals surface area (Å²) in [6.07, 6.45) is 1.48. The number of amides is 1. The number of rotatable bonds is 5. The molecule has 4 rings (SSSR count). The highest BCUT2D eigenvalue weighted by Crippen LogP contribution is 2.47. The van der Waals surface area contributed by atoms with E-state index in [1.165, 1.54) is 23.1 Å². The van der Waals surface area contributed by atoms with Gasteiger partial charge in [-0.2, -0.15) is 0 Å². The van der Waals surface area contributed by atoms with Gasteiger partial charge in [-0.3, -0.25) is 24.6 Å². The Kier molecular flexibility index (Phi) is 5.78. The van der Waals surface area contributed by atoms with E-state index in [9.17, 15) is 19.7 Å². The van der Waals surface area contributed by atoms with E-state index in [0.29, 0.717) is 42.9 Å². The van der Waals surface area contributed by atoms with Crippen molar-refractivity contribution in [3.8, 4) is 5.75 Å². The summed E-state index contributed by atoms with van der Waals surface area (Å²) in [5.74, 6) is -0.138. The van der Waals surface area contributed by atoms with Crippen LogP contribution in [0.1, 0.15) is 44.1 Å². The Morgan fingerprint density at radius 3 is 2.71 bits per heavy atom. The first-order valence-corrected chi connectivity index (χ1v) is 10.5. The lowest BCUT2D eigenvalue weighted by atomic mass is 9.77. The lowest BCUT2D eigenvalue weighted by Gasteiger charge is -2.38. The number of nitro benzene ring substituents is 1. The van der Waals surface area contributed by atoms with Crippen molar-refractivity contribution in [3.05, 3.63) is 74.4 Å². The number of para-hydroxylation sites is 1. The fourth-order valence-corrected chi connectivity index (χ4v) is 4.59. The highest BCUT2D eigenvalue weighted by molar-refractivity contribution is 6.31. The fraction of sp³-hybridized carbons (Fsp3) is 0.304. The van der Waals surface area contributed by atoms with E-state index >= 15 is 0 Å². The molecule has 1 aliphatic heterocycles. The predicted molar refractivity (Wildman–Crippen MR) is 116 cm³/mol. The van der Waals surface area contributed by atoms with E-state index in [1.807, 2.05) is 31.2 Å². The summed E-state index contributed by atoms with van der Waals surface area (Å²) in [6.45, 7) is 2.33. The Labute approximate surface area is 184 Å². The van der Waals surface area contributed by atoms with Crippen LogP contribution in [0, 0.1) is 10.1 Å². The number of ketones is 1. The van der Waals surface area contributed by atoms with Crippen LogP contribution in [0.25, 0.3) is 0 Å². The average Bonchev–Trinajstić information content (AvgIpc) is 2.74. The van der Waals surface area contributed by atoms with Gasteiger partial charge in [0.2, 0.25) is 5.91 Å². The maximum atomic E-state index is 13.4. The molecule has 1 heterocycles. The molecule has 0 radical (unpaired) electrons. The molecule has 0 aromatic heterocycles. The number of carbonyl (C=O) groups excluding carboxylic acids is 2. The third-order valence-electron chi connectivity index (χ3n) is 5.64. The van der Waals surface area contributed by atoms with Crippen LogP contribution in [-0.2, 0) is 9.59 Å². The zero-order chi connectivity index (χ0) is 22.1. The van der Waals surface area contributed by atoms with Crippen molar-refractivity contribution in [2.75, 3.05) is 11.5 Å². The van der Waals surface area contributed by atoms with Gasteiger partial charge in [0.15, 0.2) is 5.78 Å². The zero-order valence-electron chi connectivity index (χ0n) is 17.0. The molecule has 0 bridgehead atoms. The zero-order valence-corrected chi connectivity index (χ0v) is 17.7. The molecule has 1 unspecified atom stereocenters. The second-order valence-corrected chi connectivity index (χ2v) is 7.92. The van der Waals surface area contributed by atoms with Crippen LogP contribution in [0.15, 0.2) is 53.7 Å². The minimum absolute atomic E-state index is 0.0223. The molecule has 2 aromatic rings. The van der Waals surface area contributed by atoms with Crippen LogP contribution < -0.4 is 9.64 Å². The van der Waals surface area contributed by atoms with Crippen LogP contribution in [0.5, 0.6) is 5.75 Å². The molecule has 2 aliphatic rings. The molecule has 31 heavy (non-hydrogen) atoms. The number of nitro groups is 1. The Morgan fingerprint density at radius 2 is 1.97 bits per heavy atom. The Balaban J connectivity index is 1.91. The van der Waals surface area contributed by atoms with E-state index in [-0.39, 0.29) is 34.5 Å². The highest BCUT2D eigenvalue weighted by atomic mass is 35.5. The maximum absolute atomic E-state index is 13.4. The van der Waals surface area contributed by atoms with E-state index in [2.05, 4.69) is 0 Å². The monoisotopic (exact) mass is 440 g/mol. The van der Waals surface area contributed by atoms with Gasteiger partial charge in [-0.1, -0.05) is 29.8 Å². The predicted octanol–water partition coefficient (Wildman–Crippen LogP) is 5.17. The first kappa shape index (κ1) is 21.1. The third-order valence-corrected chi connectivity index (χ3v) is 5.88. The van der Waals surface area contributed by atoms with Crippen molar-refractivity contribution >= 4 is 34.7 Å². The highest BCUT2D eigenvalue weighted by Gasteiger charge is 2.42. The summed E-state index contributed by atoms with van der Waals surface area (Å²) in [6, 6.07) is 11.6. The normalized spacial score (nSPS) is 18.8. The first-order chi connectivity index (χ1) is 14.9. The lowest BCUT2D eigenvalue weighted by Crippen LogP contribution is -2.41. The summed E-state index contributed by atoms with van der Waals surface area (Å²) in [5, 5.41) is 11.9. The van der Waals surface area contributed by atoms with Crippen molar-refractivity contribution < 1.29 is 19.2 Å². The third kappa shape index (κ3) is 3.81. The Morgan fingerprint density at radius 1 is 1.19 bits per heavy atom. The van der Waals surface area contributed by atoms with Crippen molar-refractivity contribution in [1.82, 2.24) is 0 Å². The quantitative estimate of drug-likeness (QED) is 0.472. The Hall–Kier alpha value is -3.19. The minimum atomic E-state index is -0.560. The van der Waals surface area contributed by atoms with Gasteiger partial charge in [-0.25, -0.2) is 0 Å². The standard InChI is InChI=1S/C23H21ClN2O5/c1-2-31-21-9-4-3-6-15(21)16-13-22(28)25(18-7-5-8-20(27)23(16)18)17-11-10-14(24)12-19(17)26(29)30/h3-4,6,9-12,16H,2,5,7-8,13H2,1H3. The molecule has 1 atom stereocenters. The number of ether oxygens (including phenoxy) is 1. The number of hydrogen-bond donors (Lipinski definition) is 0. The van der Waals surface area contributed by atoms with Crippen molar-refractivity contribution in [1.29, 1.82) is 0 Å². The molecule has 0 spiro atoms. The lowest BCUT2D eigenvalue weighted by molar-refractivity contribution is -0.384. The fourth-order valence-electron chi connectivity index (χ4n) is 4.43. The molecule has 7 nitrogen and oxygen atoms in total. The number of nitrogens with zero attached hydrogens (tertiary/aromatic N) is 2. The van der Waals surface area contributed by atoms with Crippen LogP contribution in [0.4, 0.5) is 11.4 Å². The van der Waals surface area contributed by atoms with Gasteiger partial charge in [0.1, 0.15) is 11.4 Å². The topological polar surface area (TPSA) is 89.8 Å². The molecule has 160 valence electrons. The van der Waals surface area contributed by atoms with Crippen LogP contribution >= 0.6 is 11.6 Å². The number of carbonyl (C=O) groups is 2. The minimum Gasteiger partial charge on any atom is -0.494 e. The van der Waals surface area contributed by atoms with Crippen molar-refractivity contribution in [2.24, 2.45) is 0 Å². The molecular weight excluding hydrogens is 420 g/mol. The van der Waals surface area contributed by atoms with Gasteiger partial charge in [0.05, 0.1) is 11.5 Å². The second kappa shape index (κ2) is 8.51. The molecule has 1 aliphatic carbocycles. The van der Waals surface area contributed by atoms with Gasteiger partial charge in [-0.15, -0.1) is 0 Å². The largest absolute Gasteiger partial charge is 0.494 e. The van der Waals surface area contributed by atoms with Gasteiger partial charge in [-0.05, 0) is 38.0 Å². The summed E-state index contributed by atoms with van der Waals surface area (Å²) in [5.41, 5.74) is 1.74. The maximum Gasteiger partial charge on any atom is 0.294 e. The summed E-state index contributed by atoms with van der Waals surface area (Å²) in [4.78, 5) is 38.8. The number of allylic oxidation sites excluding steroid dienone is 2. The van der Waals surface area contributed by atoms with Gasteiger partial charge < -0.3 is 4.74 Å². The SMILES string of the molecule is CCOc1ccccc1C1CC(=O)N(c2ccc(Cl)cc2[N+](=O)[O-])C2=C1C(=O)CCC2. The average molecular weight is 441 g/mol. The van der Waals surface area contributed by atoms with E-state index in [0.717, 1.165) is 5.56 Å². The number of anilines is 1. The van der Waals surface area contributed by atoms with Crippen LogP contribution in [0.3, 0.4) is 0 Å². The second-order valence-electron chi connectivity index (χ2n) is 7.48. The van der Waals surface area contributed by atoms with Crippen molar-refractivity contribution in [2.45, 2.75) is 38.5 Å². The van der Waals surface area contributed by atoms with E-state index in [1.54, 1.807) is 0 Å². The number of halogens is 1. The van der Waals surface area contributed by atoms with E-state index in [4.69, 9.17) is 16.3 Å². The van der Waals surface area contributed by atoms with Gasteiger partial charge in [0.25, 0.3) is 5.69 Å². The molecule has 0 fully saturated rings. The molecule has 0 saturated carbocycles. The molecule has 2 aromatic carbocycles. The number of hydrogen-bond acceptors (Lipinski definition) is 5. The van der Waals surface area contributed by atoms with Gasteiger partial charge in [0, 0.05) is 46.7 Å². The van der Waals surface area contributed by atoms with Gasteiger partial charge >= 0.3 is 0 Å². The number of Topliss-reactive ketones (excluding diaryl/α,β-unsaturated/α-hetero) is 1.